The van der Waals surface area contributed by atoms with Crippen molar-refractivity contribution in [3.05, 3.63) is 0 Å². The van der Waals surface area contributed by atoms with Gasteiger partial charge < -0.3 is 0 Å². The molecule has 0 fully saturated rings. The lowest BCUT2D eigenvalue weighted by atomic mass is 10.2. The molecule has 0 aromatic heterocycles. The topological polar surface area (TPSA) is 19.9 Å². The molecule has 0 atom stereocenters. The molecule has 2 heteroatoms. The van der Waals surface area contributed by atoms with Crippen molar-refractivity contribution in [3.63, 3.8) is 0 Å². The van der Waals surface area contributed by atoms with Gasteiger partial charge >= 0.3 is 0 Å². The van der Waals surface area contributed by atoms with Crippen LogP contribution in [0.25, 0.3) is 0 Å². The van der Waals surface area contributed by atoms with Crippen LogP contribution in [-0.4, -0.2) is 5.75 Å². The average molecular weight is 133 g/mol. The second kappa shape index (κ2) is 7.31. The van der Waals surface area contributed by atoms with Crippen LogP contribution in [0.1, 0.15) is 32.6 Å². The Morgan fingerprint density at radius 2 is 2.00 bits per heavy atom. The zero-order valence-electron chi connectivity index (χ0n) is 5.35. The SMILES string of the molecule is CCCCCCS[O]. The van der Waals surface area contributed by atoms with E-state index in [0.717, 1.165) is 12.2 Å². The van der Waals surface area contributed by atoms with Gasteiger partial charge in [0.1, 0.15) is 0 Å². The highest BCUT2D eigenvalue weighted by Gasteiger charge is 1.85. The first-order valence-electron chi connectivity index (χ1n) is 3.16. The molecule has 0 N–H and O–H groups in total. The van der Waals surface area contributed by atoms with Crippen molar-refractivity contribution < 1.29 is 4.55 Å². The van der Waals surface area contributed by atoms with Crippen LogP contribution in [0.15, 0.2) is 0 Å². The maximum absolute atomic E-state index is 9.81. The molecule has 0 heterocycles. The van der Waals surface area contributed by atoms with E-state index in [-0.39, 0.29) is 0 Å². The van der Waals surface area contributed by atoms with Crippen molar-refractivity contribution in [1.29, 1.82) is 0 Å². The van der Waals surface area contributed by atoms with Gasteiger partial charge in [0, 0.05) is 17.8 Å². The van der Waals surface area contributed by atoms with Gasteiger partial charge in [-0.2, -0.15) is 4.55 Å². The summed E-state index contributed by atoms with van der Waals surface area (Å²) >= 11 is 0.702. The zero-order valence-corrected chi connectivity index (χ0v) is 6.17. The van der Waals surface area contributed by atoms with Gasteiger partial charge in [0.05, 0.1) is 0 Å². The normalized spacial score (nSPS) is 9.75. The smallest absolute Gasteiger partial charge is 0.0326 e. The van der Waals surface area contributed by atoms with Crippen molar-refractivity contribution in [1.82, 2.24) is 0 Å². The van der Waals surface area contributed by atoms with Crippen molar-refractivity contribution in [2.24, 2.45) is 0 Å². The molecular weight excluding hydrogens is 120 g/mol. The minimum Gasteiger partial charge on any atom is -0.151 e. The molecule has 8 heavy (non-hydrogen) atoms. The fourth-order valence-electron chi connectivity index (χ4n) is 0.588. The quantitative estimate of drug-likeness (QED) is 0.417. The lowest BCUT2D eigenvalue weighted by molar-refractivity contribution is 0.528. The molecule has 0 saturated heterocycles. The highest BCUT2D eigenvalue weighted by molar-refractivity contribution is 7.93. The third-order valence-corrected chi connectivity index (χ3v) is 1.54. The summed E-state index contributed by atoms with van der Waals surface area (Å²) in [5.41, 5.74) is 0. The first-order valence-corrected chi connectivity index (χ1v) is 4.07. The maximum atomic E-state index is 9.81. The molecule has 0 rings (SSSR count). The summed E-state index contributed by atoms with van der Waals surface area (Å²) in [4.78, 5) is 0. The molecule has 0 amide bonds. The van der Waals surface area contributed by atoms with E-state index < -0.39 is 0 Å². The summed E-state index contributed by atoms with van der Waals surface area (Å²) in [6.45, 7) is 2.17. The van der Waals surface area contributed by atoms with E-state index >= 15 is 0 Å². The van der Waals surface area contributed by atoms with Crippen molar-refractivity contribution >= 4 is 12.0 Å². The third-order valence-electron chi connectivity index (χ3n) is 1.08. The molecule has 0 aromatic rings. The lowest BCUT2D eigenvalue weighted by Gasteiger charge is -1.91. The molecule has 1 nitrogen and oxygen atoms in total. The van der Waals surface area contributed by atoms with Crippen LogP contribution in [0, 0.1) is 0 Å². The van der Waals surface area contributed by atoms with Gasteiger partial charge in [-0.1, -0.05) is 26.2 Å². The summed E-state index contributed by atoms with van der Waals surface area (Å²) in [6, 6.07) is 0. The van der Waals surface area contributed by atoms with E-state index in [1.165, 1.54) is 19.3 Å². The second-order valence-electron chi connectivity index (χ2n) is 1.88. The third kappa shape index (κ3) is 6.31. The molecule has 0 aliphatic carbocycles. The Balaban J connectivity index is 2.53. The molecule has 0 aromatic carbocycles. The van der Waals surface area contributed by atoms with Crippen molar-refractivity contribution in [3.8, 4) is 0 Å². The standard InChI is InChI=1S/C6H13OS/c1-2-3-4-5-6-8-7/h2-6H2,1H3. The predicted octanol–water partition coefficient (Wildman–Crippen LogP) is 2.65. The Morgan fingerprint density at radius 1 is 1.25 bits per heavy atom. The maximum Gasteiger partial charge on any atom is 0.0326 e. The first kappa shape index (κ1) is 8.31. The van der Waals surface area contributed by atoms with Crippen LogP contribution in [0.4, 0.5) is 0 Å². The highest BCUT2D eigenvalue weighted by Crippen LogP contribution is 2.03. The van der Waals surface area contributed by atoms with Gasteiger partial charge in [-0.25, -0.2) is 0 Å². The summed E-state index contributed by atoms with van der Waals surface area (Å²) in [5, 5.41) is 0. The minimum absolute atomic E-state index is 0.702. The monoisotopic (exact) mass is 133 g/mol. The van der Waals surface area contributed by atoms with Crippen LogP contribution in [-0.2, 0) is 4.55 Å². The van der Waals surface area contributed by atoms with Crippen LogP contribution in [0.2, 0.25) is 0 Å². The second-order valence-corrected chi connectivity index (χ2v) is 2.53. The zero-order chi connectivity index (χ0) is 6.24. The van der Waals surface area contributed by atoms with E-state index in [9.17, 15) is 4.55 Å². The molecule has 0 spiro atoms. The fraction of sp³-hybridized carbons (Fsp3) is 1.00. The molecule has 0 bridgehead atoms. The summed E-state index contributed by atoms with van der Waals surface area (Å²) in [5.74, 6) is 0.792. The largest absolute Gasteiger partial charge is 0.151 e. The number of rotatable bonds is 5. The molecule has 49 valence electrons. The van der Waals surface area contributed by atoms with E-state index in [2.05, 4.69) is 6.92 Å². The van der Waals surface area contributed by atoms with Gasteiger partial charge in [-0.15, -0.1) is 0 Å². The molecule has 0 aliphatic heterocycles. The Morgan fingerprint density at radius 3 is 2.50 bits per heavy atom. The number of hydrogen-bond acceptors (Lipinski definition) is 1. The molecular formula is C6H13OS. The average Bonchev–Trinajstić information content (AvgIpc) is 1.81. The van der Waals surface area contributed by atoms with Gasteiger partial charge in [0.25, 0.3) is 0 Å². The Bertz CT molecular complexity index is 33.5. The van der Waals surface area contributed by atoms with Crippen LogP contribution in [0.5, 0.6) is 0 Å². The van der Waals surface area contributed by atoms with E-state index in [0.29, 0.717) is 12.0 Å². The molecule has 0 aliphatic rings. The Labute approximate surface area is 55.7 Å². The minimum atomic E-state index is 0.702. The van der Waals surface area contributed by atoms with E-state index in [1.54, 1.807) is 0 Å². The highest BCUT2D eigenvalue weighted by atomic mass is 32.2. The van der Waals surface area contributed by atoms with Crippen LogP contribution in [0.3, 0.4) is 0 Å². The van der Waals surface area contributed by atoms with Crippen LogP contribution >= 0.6 is 12.0 Å². The number of unbranched alkanes of at least 4 members (excludes halogenated alkanes) is 3. The summed E-state index contributed by atoms with van der Waals surface area (Å²) < 4.78 is 9.81. The Kier molecular flexibility index (Phi) is 7.59. The van der Waals surface area contributed by atoms with E-state index in [4.69, 9.17) is 0 Å². The van der Waals surface area contributed by atoms with Gasteiger partial charge in [-0.3, -0.25) is 0 Å². The van der Waals surface area contributed by atoms with Crippen molar-refractivity contribution in [2.45, 2.75) is 32.6 Å². The van der Waals surface area contributed by atoms with Gasteiger partial charge in [-0.05, 0) is 6.42 Å². The van der Waals surface area contributed by atoms with Gasteiger partial charge in [0.2, 0.25) is 0 Å². The fourth-order valence-corrected chi connectivity index (χ4v) is 0.910. The van der Waals surface area contributed by atoms with Crippen LogP contribution < -0.4 is 0 Å². The molecule has 0 unspecified atom stereocenters. The summed E-state index contributed by atoms with van der Waals surface area (Å²) in [7, 11) is 0. The first-order chi connectivity index (χ1) is 3.91. The molecule has 1 radical (unpaired) electrons. The van der Waals surface area contributed by atoms with E-state index in [1.807, 2.05) is 0 Å². The van der Waals surface area contributed by atoms with Crippen molar-refractivity contribution in [2.75, 3.05) is 5.75 Å². The Hall–Kier alpha value is 0.310. The predicted molar refractivity (Wildman–Crippen MR) is 37.3 cm³/mol. The lowest BCUT2D eigenvalue weighted by Crippen LogP contribution is -1.77. The molecule has 0 saturated carbocycles. The van der Waals surface area contributed by atoms with Gasteiger partial charge in [0.15, 0.2) is 0 Å². The summed E-state index contributed by atoms with van der Waals surface area (Å²) in [6.07, 6.45) is 4.86. The number of hydrogen-bond donors (Lipinski definition) is 0.